The molecule has 1 amide bonds. The summed E-state index contributed by atoms with van der Waals surface area (Å²) < 4.78 is 19.5. The summed E-state index contributed by atoms with van der Waals surface area (Å²) in [6.45, 7) is 0. The maximum atomic E-state index is 14.2. The molecule has 0 spiro atoms. The Morgan fingerprint density at radius 1 is 0.840 bits per heavy atom. The Bertz CT molecular complexity index is 911. The summed E-state index contributed by atoms with van der Waals surface area (Å²) in [5, 5.41) is 2.80. The van der Waals surface area contributed by atoms with Crippen LogP contribution in [0.2, 0.25) is 0 Å². The first-order valence-corrected chi connectivity index (χ1v) is 8.09. The summed E-state index contributed by atoms with van der Waals surface area (Å²) in [6, 6.07) is 23.8. The zero-order valence-corrected chi connectivity index (χ0v) is 13.4. The van der Waals surface area contributed by atoms with Crippen molar-refractivity contribution in [2.24, 2.45) is 0 Å². The normalized spacial score (nSPS) is 19.3. The van der Waals surface area contributed by atoms with Crippen molar-refractivity contribution in [2.45, 2.75) is 12.1 Å². The molecule has 1 aliphatic heterocycles. The third-order valence-electron chi connectivity index (χ3n) is 4.37. The molecule has 0 aromatic heterocycles. The van der Waals surface area contributed by atoms with E-state index >= 15 is 0 Å². The summed E-state index contributed by atoms with van der Waals surface area (Å²) in [5.74, 6) is -0.381. The van der Waals surface area contributed by atoms with E-state index < -0.39 is 18.2 Å². The SMILES string of the molecule is O=C1N[C@@H](c2cccc(-c3ccccc3)c2)[C@H](c2ccccc2F)O1. The number of halogens is 1. The third kappa shape index (κ3) is 2.98. The third-order valence-corrected chi connectivity index (χ3v) is 4.37. The van der Waals surface area contributed by atoms with Crippen molar-refractivity contribution >= 4 is 6.09 Å². The summed E-state index contributed by atoms with van der Waals surface area (Å²) in [6.07, 6.45) is -1.23. The van der Waals surface area contributed by atoms with Gasteiger partial charge in [0.25, 0.3) is 0 Å². The molecule has 3 aromatic rings. The number of hydrogen-bond donors (Lipinski definition) is 1. The van der Waals surface area contributed by atoms with Gasteiger partial charge in [0, 0.05) is 5.56 Å². The van der Waals surface area contributed by atoms with Crippen LogP contribution in [0, 0.1) is 5.82 Å². The monoisotopic (exact) mass is 333 g/mol. The Hall–Kier alpha value is -3.14. The van der Waals surface area contributed by atoms with Gasteiger partial charge in [-0.3, -0.25) is 0 Å². The van der Waals surface area contributed by atoms with Crippen molar-refractivity contribution in [1.29, 1.82) is 0 Å². The zero-order chi connectivity index (χ0) is 17.2. The highest BCUT2D eigenvalue weighted by Crippen LogP contribution is 2.38. The summed E-state index contributed by atoms with van der Waals surface area (Å²) in [5.41, 5.74) is 3.36. The lowest BCUT2D eigenvalue weighted by atomic mass is 9.93. The van der Waals surface area contributed by atoms with Crippen LogP contribution in [-0.2, 0) is 4.74 Å². The Balaban J connectivity index is 1.73. The second-order valence-corrected chi connectivity index (χ2v) is 5.96. The Morgan fingerprint density at radius 2 is 1.56 bits per heavy atom. The van der Waals surface area contributed by atoms with Gasteiger partial charge in [-0.05, 0) is 28.8 Å². The average molecular weight is 333 g/mol. The number of cyclic esters (lactones) is 1. The van der Waals surface area contributed by atoms with Crippen LogP contribution >= 0.6 is 0 Å². The number of ether oxygens (including phenoxy) is 1. The molecule has 1 heterocycles. The maximum absolute atomic E-state index is 14.2. The number of amides is 1. The second-order valence-electron chi connectivity index (χ2n) is 5.96. The quantitative estimate of drug-likeness (QED) is 0.731. The predicted octanol–water partition coefficient (Wildman–Crippen LogP) is 5.01. The maximum Gasteiger partial charge on any atom is 0.408 e. The lowest BCUT2D eigenvalue weighted by Crippen LogP contribution is -2.19. The van der Waals surface area contributed by atoms with Crippen LogP contribution in [0.15, 0.2) is 78.9 Å². The first-order chi connectivity index (χ1) is 12.2. The van der Waals surface area contributed by atoms with Crippen molar-refractivity contribution in [2.75, 3.05) is 0 Å². The highest BCUT2D eigenvalue weighted by atomic mass is 19.1. The minimum absolute atomic E-state index is 0.371. The lowest BCUT2D eigenvalue weighted by molar-refractivity contribution is 0.130. The van der Waals surface area contributed by atoms with Gasteiger partial charge in [-0.15, -0.1) is 0 Å². The van der Waals surface area contributed by atoms with Gasteiger partial charge in [0.1, 0.15) is 5.82 Å². The second kappa shape index (κ2) is 6.40. The largest absolute Gasteiger partial charge is 0.439 e. The minimum Gasteiger partial charge on any atom is -0.439 e. The van der Waals surface area contributed by atoms with E-state index in [1.165, 1.54) is 6.07 Å². The highest BCUT2D eigenvalue weighted by molar-refractivity contribution is 5.72. The zero-order valence-electron chi connectivity index (χ0n) is 13.4. The molecule has 1 N–H and O–H groups in total. The molecule has 1 fully saturated rings. The molecular formula is C21H16FNO2. The van der Waals surface area contributed by atoms with E-state index in [0.717, 1.165) is 16.7 Å². The number of alkyl carbamates (subject to hydrolysis) is 1. The van der Waals surface area contributed by atoms with Crippen LogP contribution < -0.4 is 5.32 Å². The fourth-order valence-corrected chi connectivity index (χ4v) is 3.17. The molecule has 1 aliphatic rings. The molecule has 25 heavy (non-hydrogen) atoms. The van der Waals surface area contributed by atoms with E-state index in [0.29, 0.717) is 5.56 Å². The van der Waals surface area contributed by atoms with E-state index in [-0.39, 0.29) is 5.82 Å². The number of nitrogens with one attached hydrogen (secondary N) is 1. The highest BCUT2D eigenvalue weighted by Gasteiger charge is 2.37. The molecule has 2 atom stereocenters. The molecule has 124 valence electrons. The van der Waals surface area contributed by atoms with Crippen LogP contribution in [-0.4, -0.2) is 6.09 Å². The Morgan fingerprint density at radius 3 is 2.36 bits per heavy atom. The number of rotatable bonds is 3. The van der Waals surface area contributed by atoms with Gasteiger partial charge in [-0.2, -0.15) is 0 Å². The van der Waals surface area contributed by atoms with Crippen LogP contribution in [0.3, 0.4) is 0 Å². The van der Waals surface area contributed by atoms with Gasteiger partial charge in [0.15, 0.2) is 6.10 Å². The molecule has 0 unspecified atom stereocenters. The number of carbonyl (C=O) groups is 1. The van der Waals surface area contributed by atoms with E-state index in [9.17, 15) is 9.18 Å². The molecule has 0 aliphatic carbocycles. The topological polar surface area (TPSA) is 38.3 Å². The van der Waals surface area contributed by atoms with E-state index in [4.69, 9.17) is 4.74 Å². The predicted molar refractivity (Wildman–Crippen MR) is 93.4 cm³/mol. The van der Waals surface area contributed by atoms with Crippen molar-refractivity contribution in [3.05, 3.63) is 95.8 Å². The fraction of sp³-hybridized carbons (Fsp3) is 0.0952. The van der Waals surface area contributed by atoms with Gasteiger partial charge in [-0.25, -0.2) is 9.18 Å². The van der Waals surface area contributed by atoms with Crippen LogP contribution in [0.5, 0.6) is 0 Å². The van der Waals surface area contributed by atoms with Crippen LogP contribution in [0.25, 0.3) is 11.1 Å². The first-order valence-electron chi connectivity index (χ1n) is 8.09. The number of carbonyl (C=O) groups excluding carboxylic acids is 1. The van der Waals surface area contributed by atoms with Gasteiger partial charge in [0.2, 0.25) is 0 Å². The molecule has 0 bridgehead atoms. The molecule has 0 radical (unpaired) electrons. The Kier molecular flexibility index (Phi) is 3.94. The van der Waals surface area contributed by atoms with Gasteiger partial charge < -0.3 is 10.1 Å². The van der Waals surface area contributed by atoms with Crippen molar-refractivity contribution in [1.82, 2.24) is 5.32 Å². The number of hydrogen-bond acceptors (Lipinski definition) is 2. The van der Waals surface area contributed by atoms with Gasteiger partial charge in [0.05, 0.1) is 6.04 Å². The lowest BCUT2D eigenvalue weighted by Gasteiger charge is -2.19. The van der Waals surface area contributed by atoms with E-state index in [2.05, 4.69) is 5.32 Å². The standard InChI is InChI=1S/C21H16FNO2/c22-18-12-5-4-11-17(18)20-19(23-21(24)25-20)16-10-6-9-15(13-16)14-7-2-1-3-8-14/h1-13,19-20H,(H,23,24)/t19-,20-/m0/s1. The number of benzene rings is 3. The van der Waals surface area contributed by atoms with Crippen molar-refractivity contribution in [3.8, 4) is 11.1 Å². The van der Waals surface area contributed by atoms with Gasteiger partial charge in [-0.1, -0.05) is 66.7 Å². The van der Waals surface area contributed by atoms with Crippen molar-refractivity contribution in [3.63, 3.8) is 0 Å². The molecule has 3 nitrogen and oxygen atoms in total. The molecular weight excluding hydrogens is 317 g/mol. The molecule has 0 saturated carbocycles. The minimum atomic E-state index is -0.695. The smallest absolute Gasteiger partial charge is 0.408 e. The van der Waals surface area contributed by atoms with Crippen LogP contribution in [0.4, 0.5) is 9.18 Å². The molecule has 1 saturated heterocycles. The summed E-state index contributed by atoms with van der Waals surface area (Å²) >= 11 is 0. The van der Waals surface area contributed by atoms with Crippen molar-refractivity contribution < 1.29 is 13.9 Å². The summed E-state index contributed by atoms with van der Waals surface area (Å²) in [4.78, 5) is 11.8. The Labute approximate surface area is 145 Å². The average Bonchev–Trinajstić information content (AvgIpc) is 3.04. The molecule has 4 heteroatoms. The van der Waals surface area contributed by atoms with Crippen LogP contribution in [0.1, 0.15) is 23.3 Å². The van der Waals surface area contributed by atoms with E-state index in [1.54, 1.807) is 18.2 Å². The fourth-order valence-electron chi connectivity index (χ4n) is 3.17. The van der Waals surface area contributed by atoms with Gasteiger partial charge >= 0.3 is 6.09 Å². The van der Waals surface area contributed by atoms with E-state index in [1.807, 2.05) is 54.6 Å². The summed E-state index contributed by atoms with van der Waals surface area (Å²) in [7, 11) is 0. The molecule has 4 rings (SSSR count). The molecule has 3 aromatic carbocycles. The first kappa shape index (κ1) is 15.4.